The van der Waals surface area contributed by atoms with Crippen LogP contribution in [0.25, 0.3) is 0 Å². The molecule has 0 saturated carbocycles. The Hall–Kier alpha value is -2.26. The molecule has 2 heterocycles. The third-order valence-electron chi connectivity index (χ3n) is 8.58. The topological polar surface area (TPSA) is 62.2 Å². The molecule has 3 aromatic rings. The lowest BCUT2D eigenvalue weighted by molar-refractivity contribution is -0.0806. The standard InChI is InChI=1S/C33H38Cl2N2O4S/c34-29-14-13-27(23-30(29)35)32(16-8-20-37(24-32)31(38)26-9-3-1-4-10-26)15-7-19-36-21-17-33(39,18-22-36)25-42-41-40-28-11-5-2-6-12-28/h1-6,9-14,23,39H,7-8,15-22,24-25H2/t32-/m0/s1. The van der Waals surface area contributed by atoms with Crippen LogP contribution < -0.4 is 4.89 Å². The van der Waals surface area contributed by atoms with Gasteiger partial charge in [0.25, 0.3) is 5.91 Å². The van der Waals surface area contributed by atoms with Crippen molar-refractivity contribution >= 4 is 41.2 Å². The highest BCUT2D eigenvalue weighted by Gasteiger charge is 2.39. The summed E-state index contributed by atoms with van der Waals surface area (Å²) >= 11 is 13.9. The van der Waals surface area contributed by atoms with Crippen molar-refractivity contribution in [2.45, 2.75) is 49.5 Å². The summed E-state index contributed by atoms with van der Waals surface area (Å²) in [5, 5.41) is 12.2. The molecule has 1 amide bonds. The van der Waals surface area contributed by atoms with Crippen LogP contribution in [0.3, 0.4) is 0 Å². The van der Waals surface area contributed by atoms with Gasteiger partial charge < -0.3 is 19.8 Å². The minimum Gasteiger partial charge on any atom is -0.389 e. The number of para-hydroxylation sites is 1. The van der Waals surface area contributed by atoms with E-state index >= 15 is 0 Å². The second kappa shape index (κ2) is 14.5. The van der Waals surface area contributed by atoms with Crippen molar-refractivity contribution < 1.29 is 19.1 Å². The van der Waals surface area contributed by atoms with E-state index in [9.17, 15) is 9.90 Å². The first-order valence-corrected chi connectivity index (χ1v) is 16.3. The van der Waals surface area contributed by atoms with Crippen molar-refractivity contribution in [3.05, 3.63) is 100 Å². The van der Waals surface area contributed by atoms with Gasteiger partial charge in [-0.05, 0) is 87.0 Å². The molecule has 5 rings (SSSR count). The summed E-state index contributed by atoms with van der Waals surface area (Å²) in [5.74, 6) is 1.17. The molecule has 2 fully saturated rings. The predicted octanol–water partition coefficient (Wildman–Crippen LogP) is 7.43. The number of carbonyl (C=O) groups is 1. The minimum absolute atomic E-state index is 0.0751. The van der Waals surface area contributed by atoms with E-state index in [4.69, 9.17) is 32.4 Å². The van der Waals surface area contributed by atoms with Gasteiger partial charge in [0.2, 0.25) is 0 Å². The fourth-order valence-corrected chi connectivity index (χ4v) is 7.11. The zero-order chi connectivity index (χ0) is 29.4. The van der Waals surface area contributed by atoms with Crippen LogP contribution in [-0.2, 0) is 9.75 Å². The smallest absolute Gasteiger partial charge is 0.253 e. The average Bonchev–Trinajstić information content (AvgIpc) is 3.02. The number of piperidine rings is 2. The number of aliphatic hydroxyl groups is 1. The maximum Gasteiger partial charge on any atom is 0.253 e. The molecule has 0 aromatic heterocycles. The van der Waals surface area contributed by atoms with Gasteiger partial charge in [-0.2, -0.15) is 0 Å². The Bertz CT molecular complexity index is 1310. The summed E-state index contributed by atoms with van der Waals surface area (Å²) in [6.07, 6.45) is 5.21. The van der Waals surface area contributed by atoms with E-state index < -0.39 is 5.60 Å². The summed E-state index contributed by atoms with van der Waals surface area (Å²) < 4.78 is 5.27. The molecular weight excluding hydrogens is 591 g/mol. The van der Waals surface area contributed by atoms with Crippen molar-refractivity contribution in [2.24, 2.45) is 0 Å². The lowest BCUT2D eigenvalue weighted by Gasteiger charge is -2.44. The zero-order valence-electron chi connectivity index (χ0n) is 23.7. The molecule has 3 aromatic carbocycles. The van der Waals surface area contributed by atoms with E-state index in [1.165, 1.54) is 0 Å². The largest absolute Gasteiger partial charge is 0.389 e. The summed E-state index contributed by atoms with van der Waals surface area (Å²) in [6.45, 7) is 4.00. The van der Waals surface area contributed by atoms with Gasteiger partial charge in [0, 0.05) is 49.2 Å². The quantitative estimate of drug-likeness (QED) is 0.103. The number of hydrogen-bond acceptors (Lipinski definition) is 6. The molecule has 0 radical (unpaired) electrons. The van der Waals surface area contributed by atoms with Crippen molar-refractivity contribution in [3.8, 4) is 5.75 Å². The predicted molar refractivity (Wildman–Crippen MR) is 170 cm³/mol. The maximum absolute atomic E-state index is 13.4. The minimum atomic E-state index is -0.774. The normalized spacial score (nSPS) is 20.8. The molecule has 9 heteroatoms. The molecule has 0 bridgehead atoms. The maximum atomic E-state index is 13.4. The Morgan fingerprint density at radius 3 is 2.33 bits per heavy atom. The van der Waals surface area contributed by atoms with Crippen LogP contribution in [0.2, 0.25) is 10.0 Å². The van der Waals surface area contributed by atoms with Gasteiger partial charge in [-0.1, -0.05) is 65.7 Å². The van der Waals surface area contributed by atoms with Crippen LogP contribution in [0.5, 0.6) is 5.75 Å². The lowest BCUT2D eigenvalue weighted by Crippen LogP contribution is -2.49. The highest BCUT2D eigenvalue weighted by Crippen LogP contribution is 2.41. The Morgan fingerprint density at radius 2 is 1.62 bits per heavy atom. The van der Waals surface area contributed by atoms with E-state index in [0.717, 1.165) is 75.0 Å². The second-order valence-corrected chi connectivity index (χ2v) is 13.0. The van der Waals surface area contributed by atoms with E-state index in [1.54, 1.807) is 0 Å². The Balaban J connectivity index is 1.16. The third kappa shape index (κ3) is 8.01. The van der Waals surface area contributed by atoms with Crippen LogP contribution in [-0.4, -0.2) is 64.9 Å². The monoisotopic (exact) mass is 628 g/mol. The first kappa shape index (κ1) is 31.2. The average molecular weight is 630 g/mol. The van der Waals surface area contributed by atoms with Crippen LogP contribution in [0.4, 0.5) is 0 Å². The van der Waals surface area contributed by atoms with E-state index in [2.05, 4.69) is 11.0 Å². The molecule has 6 nitrogen and oxygen atoms in total. The number of likely N-dealkylation sites (tertiary alicyclic amines) is 2. The number of hydrogen-bond donors (Lipinski definition) is 1. The van der Waals surface area contributed by atoms with Gasteiger partial charge in [-0.25, -0.2) is 0 Å². The molecule has 1 N–H and O–H groups in total. The molecule has 0 aliphatic carbocycles. The Kier molecular flexibility index (Phi) is 10.7. The van der Waals surface area contributed by atoms with Crippen molar-refractivity contribution in [3.63, 3.8) is 0 Å². The number of carbonyl (C=O) groups excluding carboxylic acids is 1. The molecule has 2 aliphatic heterocycles. The summed E-state index contributed by atoms with van der Waals surface area (Å²) in [7, 11) is 0. The Labute approximate surface area is 263 Å². The van der Waals surface area contributed by atoms with E-state index in [0.29, 0.717) is 40.9 Å². The second-order valence-electron chi connectivity index (χ2n) is 11.5. The Morgan fingerprint density at radius 1 is 0.905 bits per heavy atom. The number of halogens is 2. The van der Waals surface area contributed by atoms with Gasteiger partial charge in [0.05, 0.1) is 21.4 Å². The van der Waals surface area contributed by atoms with Gasteiger partial charge >= 0.3 is 0 Å². The zero-order valence-corrected chi connectivity index (χ0v) is 26.0. The van der Waals surface area contributed by atoms with Crippen molar-refractivity contribution in [1.29, 1.82) is 0 Å². The SMILES string of the molecule is O=C(c1ccccc1)N1CCC[C@](CCCN2CCC(O)(CSOOc3ccccc3)CC2)(c2ccc(Cl)c(Cl)c2)C1. The van der Waals surface area contributed by atoms with Crippen molar-refractivity contribution in [1.82, 2.24) is 9.80 Å². The fourth-order valence-electron chi connectivity index (χ4n) is 6.13. The van der Waals surface area contributed by atoms with Crippen LogP contribution >= 0.6 is 35.2 Å². The van der Waals surface area contributed by atoms with Crippen LogP contribution in [0.15, 0.2) is 78.9 Å². The van der Waals surface area contributed by atoms with E-state index in [-0.39, 0.29) is 11.3 Å². The number of benzene rings is 3. The van der Waals surface area contributed by atoms with E-state index in [1.807, 2.05) is 77.7 Å². The number of rotatable bonds is 11. The summed E-state index contributed by atoms with van der Waals surface area (Å²) in [4.78, 5) is 23.1. The molecule has 2 aliphatic rings. The summed E-state index contributed by atoms with van der Waals surface area (Å²) in [6, 6.07) is 24.8. The highest BCUT2D eigenvalue weighted by molar-refractivity contribution is 7.94. The first-order valence-electron chi connectivity index (χ1n) is 14.6. The third-order valence-corrected chi connectivity index (χ3v) is 10.1. The number of amides is 1. The molecule has 1 atom stereocenters. The van der Waals surface area contributed by atoms with Crippen LogP contribution in [0.1, 0.15) is 54.4 Å². The molecule has 224 valence electrons. The van der Waals surface area contributed by atoms with Crippen LogP contribution in [0, 0.1) is 0 Å². The van der Waals surface area contributed by atoms with Gasteiger partial charge in [0.1, 0.15) is 0 Å². The fraction of sp³-hybridized carbons (Fsp3) is 0.424. The number of nitrogens with zero attached hydrogens (tertiary/aromatic N) is 2. The van der Waals surface area contributed by atoms with Crippen molar-refractivity contribution in [2.75, 3.05) is 38.5 Å². The lowest BCUT2D eigenvalue weighted by atomic mass is 9.71. The summed E-state index contributed by atoms with van der Waals surface area (Å²) in [5.41, 5.74) is 0.897. The molecule has 42 heavy (non-hydrogen) atoms. The van der Waals surface area contributed by atoms with Gasteiger partial charge in [-0.15, -0.1) is 4.33 Å². The van der Waals surface area contributed by atoms with Gasteiger partial charge in [-0.3, -0.25) is 4.79 Å². The molecule has 0 spiro atoms. The van der Waals surface area contributed by atoms with Gasteiger partial charge in [0.15, 0.2) is 5.75 Å². The molecule has 0 unspecified atom stereocenters. The highest BCUT2D eigenvalue weighted by atomic mass is 35.5. The first-order chi connectivity index (χ1) is 20.4. The molecule has 2 saturated heterocycles. The molecular formula is C33H38Cl2N2O4S.